The molecule has 4 rings (SSSR count). The van der Waals surface area contributed by atoms with Crippen LogP contribution in [-0.2, 0) is 29.4 Å². The van der Waals surface area contributed by atoms with Crippen LogP contribution in [0.4, 0.5) is 4.79 Å². The normalized spacial score (nSPS) is 12.9. The molecule has 0 saturated carbocycles. The summed E-state index contributed by atoms with van der Waals surface area (Å²) in [7, 11) is 1.65. The molecule has 0 radical (unpaired) electrons. The third-order valence-electron chi connectivity index (χ3n) is 5.98. The SMILES string of the molecule is Cn1c(=O)oc2ccc(-c3ccc(C[C@@H](C#N)NC(=O)[C@@H](Cc4cnc[nH]4)NC(=O)OC(C)(C)C)cc3)cc21. The molecule has 3 N–H and O–H groups in total. The molecule has 202 valence electrons. The van der Waals surface area contributed by atoms with E-state index in [-0.39, 0.29) is 12.8 Å². The number of aromatic amines is 1. The van der Waals surface area contributed by atoms with Crippen LogP contribution in [0.5, 0.6) is 0 Å². The Morgan fingerprint density at radius 1 is 1.13 bits per heavy atom. The number of aryl methyl sites for hydroxylation is 1. The van der Waals surface area contributed by atoms with Crippen LogP contribution in [0.15, 0.2) is 64.2 Å². The lowest BCUT2D eigenvalue weighted by molar-refractivity contribution is -0.123. The summed E-state index contributed by atoms with van der Waals surface area (Å²) in [5.41, 5.74) is 3.79. The van der Waals surface area contributed by atoms with Crippen LogP contribution in [0.1, 0.15) is 32.0 Å². The van der Waals surface area contributed by atoms with Gasteiger partial charge in [0.2, 0.25) is 5.91 Å². The maximum absolute atomic E-state index is 13.1. The molecule has 11 nitrogen and oxygen atoms in total. The summed E-state index contributed by atoms with van der Waals surface area (Å²) < 4.78 is 11.9. The average molecular weight is 531 g/mol. The maximum Gasteiger partial charge on any atom is 0.419 e. The quantitative estimate of drug-likeness (QED) is 0.316. The van der Waals surface area contributed by atoms with Crippen LogP contribution in [0.2, 0.25) is 0 Å². The van der Waals surface area contributed by atoms with Crippen LogP contribution in [0.25, 0.3) is 22.2 Å². The zero-order valence-electron chi connectivity index (χ0n) is 22.1. The number of carbonyl (C=O) groups is 2. The van der Waals surface area contributed by atoms with E-state index in [1.807, 2.05) is 36.4 Å². The van der Waals surface area contributed by atoms with E-state index < -0.39 is 35.4 Å². The number of amides is 2. The lowest BCUT2D eigenvalue weighted by Crippen LogP contribution is -2.51. The molecule has 0 bridgehead atoms. The van der Waals surface area contributed by atoms with Gasteiger partial charge in [0.25, 0.3) is 0 Å². The smallest absolute Gasteiger partial charge is 0.419 e. The number of oxazole rings is 1. The van der Waals surface area contributed by atoms with Gasteiger partial charge in [-0.2, -0.15) is 5.26 Å². The van der Waals surface area contributed by atoms with Gasteiger partial charge in [-0.05, 0) is 49.6 Å². The number of benzene rings is 2. The predicted molar refractivity (Wildman–Crippen MR) is 144 cm³/mol. The summed E-state index contributed by atoms with van der Waals surface area (Å²) in [6.45, 7) is 5.18. The van der Waals surface area contributed by atoms with Gasteiger partial charge < -0.3 is 24.8 Å². The second kappa shape index (κ2) is 11.3. The van der Waals surface area contributed by atoms with Crippen LogP contribution in [0, 0.1) is 11.3 Å². The molecule has 2 aromatic carbocycles. The number of carbonyl (C=O) groups excluding carboxylic acids is 2. The minimum absolute atomic E-state index is 0.143. The van der Waals surface area contributed by atoms with Crippen molar-refractivity contribution in [2.24, 2.45) is 7.05 Å². The van der Waals surface area contributed by atoms with Crippen molar-refractivity contribution in [1.82, 2.24) is 25.2 Å². The molecule has 0 fully saturated rings. The van der Waals surface area contributed by atoms with Crippen molar-refractivity contribution >= 4 is 23.1 Å². The number of nitrogens with zero attached hydrogens (tertiary/aromatic N) is 3. The highest BCUT2D eigenvalue weighted by Gasteiger charge is 2.27. The first-order chi connectivity index (χ1) is 18.5. The van der Waals surface area contributed by atoms with Gasteiger partial charge in [-0.1, -0.05) is 30.3 Å². The number of hydrogen-bond donors (Lipinski definition) is 3. The standard InChI is InChI=1S/C28H30N6O5/c1-28(2,3)39-26(36)33-22(13-21-15-30-16-31-21)25(35)32-20(14-29)11-17-5-7-18(8-6-17)19-9-10-24-23(12-19)34(4)27(37)38-24/h5-10,12,15-16,20,22H,11,13H2,1-4H3,(H,30,31)(H,32,35)(H,33,36)/t20-,22+/m0/s1. The molecular weight excluding hydrogens is 500 g/mol. The molecule has 2 heterocycles. The number of imidazole rings is 1. The minimum Gasteiger partial charge on any atom is -0.444 e. The van der Waals surface area contributed by atoms with Crippen molar-refractivity contribution < 1.29 is 18.7 Å². The Balaban J connectivity index is 1.44. The van der Waals surface area contributed by atoms with Crippen molar-refractivity contribution in [1.29, 1.82) is 5.26 Å². The summed E-state index contributed by atoms with van der Waals surface area (Å²) >= 11 is 0. The van der Waals surface area contributed by atoms with Gasteiger partial charge in [0.15, 0.2) is 5.58 Å². The van der Waals surface area contributed by atoms with Crippen molar-refractivity contribution in [3.8, 4) is 17.2 Å². The molecule has 0 aliphatic heterocycles. The first-order valence-corrected chi connectivity index (χ1v) is 12.4. The van der Waals surface area contributed by atoms with Gasteiger partial charge in [-0.3, -0.25) is 9.36 Å². The summed E-state index contributed by atoms with van der Waals surface area (Å²) in [5, 5.41) is 15.1. The highest BCUT2D eigenvalue weighted by atomic mass is 16.6. The van der Waals surface area contributed by atoms with E-state index in [0.29, 0.717) is 16.8 Å². The molecule has 2 aromatic heterocycles. The first-order valence-electron chi connectivity index (χ1n) is 12.4. The van der Waals surface area contributed by atoms with Gasteiger partial charge in [0.05, 0.1) is 17.9 Å². The molecule has 0 saturated heterocycles. The second-order valence-electron chi connectivity index (χ2n) is 10.2. The van der Waals surface area contributed by atoms with E-state index in [2.05, 4.69) is 26.7 Å². The largest absolute Gasteiger partial charge is 0.444 e. The number of ether oxygens (including phenoxy) is 1. The number of rotatable bonds is 8. The number of alkyl carbamates (subject to hydrolysis) is 1. The van der Waals surface area contributed by atoms with Crippen molar-refractivity contribution in [3.63, 3.8) is 0 Å². The summed E-state index contributed by atoms with van der Waals surface area (Å²) in [6.07, 6.45) is 2.71. The highest BCUT2D eigenvalue weighted by Crippen LogP contribution is 2.24. The molecule has 0 unspecified atom stereocenters. The zero-order chi connectivity index (χ0) is 28.2. The fourth-order valence-corrected chi connectivity index (χ4v) is 4.05. The third kappa shape index (κ3) is 6.93. The number of fused-ring (bicyclic) bond motifs is 1. The molecular formula is C28H30N6O5. The minimum atomic E-state index is -0.979. The van der Waals surface area contributed by atoms with Crippen LogP contribution < -0.4 is 16.4 Å². The fourth-order valence-electron chi connectivity index (χ4n) is 4.05. The van der Waals surface area contributed by atoms with Gasteiger partial charge in [0, 0.05) is 31.8 Å². The number of nitriles is 1. The van der Waals surface area contributed by atoms with Crippen LogP contribution >= 0.6 is 0 Å². The number of aromatic nitrogens is 3. The first kappa shape index (κ1) is 27.2. The molecule has 0 aliphatic rings. The lowest BCUT2D eigenvalue weighted by atomic mass is 10.0. The lowest BCUT2D eigenvalue weighted by Gasteiger charge is -2.24. The van der Waals surface area contributed by atoms with E-state index in [4.69, 9.17) is 9.15 Å². The summed E-state index contributed by atoms with van der Waals surface area (Å²) in [4.78, 5) is 44.1. The fraction of sp³-hybridized carbons (Fsp3) is 0.321. The summed E-state index contributed by atoms with van der Waals surface area (Å²) in [5.74, 6) is -0.937. The van der Waals surface area contributed by atoms with Crippen molar-refractivity contribution in [3.05, 3.63) is 76.8 Å². The van der Waals surface area contributed by atoms with Gasteiger partial charge in [-0.15, -0.1) is 0 Å². The Bertz CT molecular complexity index is 1560. The predicted octanol–water partition coefficient (Wildman–Crippen LogP) is 3.21. The van der Waals surface area contributed by atoms with Crippen molar-refractivity contribution in [2.75, 3.05) is 0 Å². The van der Waals surface area contributed by atoms with Crippen LogP contribution in [0.3, 0.4) is 0 Å². The molecule has 4 aromatic rings. The molecule has 2 amide bonds. The Morgan fingerprint density at radius 2 is 1.85 bits per heavy atom. The van der Waals surface area contributed by atoms with Crippen molar-refractivity contribution in [2.45, 2.75) is 51.3 Å². The molecule has 39 heavy (non-hydrogen) atoms. The second-order valence-corrected chi connectivity index (χ2v) is 10.2. The number of nitrogens with one attached hydrogen (secondary N) is 3. The van der Waals surface area contributed by atoms with E-state index in [1.54, 1.807) is 40.1 Å². The van der Waals surface area contributed by atoms with E-state index >= 15 is 0 Å². The Kier molecular flexibility index (Phi) is 7.85. The molecule has 11 heteroatoms. The summed E-state index contributed by atoms with van der Waals surface area (Å²) in [6, 6.07) is 13.4. The number of H-pyrrole nitrogens is 1. The molecule has 2 atom stereocenters. The highest BCUT2D eigenvalue weighted by molar-refractivity contribution is 5.86. The Hall–Kier alpha value is -4.85. The maximum atomic E-state index is 13.1. The topological polar surface area (TPSA) is 155 Å². The number of hydrogen-bond acceptors (Lipinski definition) is 7. The monoisotopic (exact) mass is 530 g/mol. The average Bonchev–Trinajstić information content (AvgIpc) is 3.49. The molecule has 0 spiro atoms. The Morgan fingerprint density at radius 3 is 2.49 bits per heavy atom. The van der Waals surface area contributed by atoms with Gasteiger partial charge in [0.1, 0.15) is 17.7 Å². The Labute approximate surface area is 224 Å². The van der Waals surface area contributed by atoms with Gasteiger partial charge >= 0.3 is 11.8 Å². The zero-order valence-corrected chi connectivity index (χ0v) is 22.1. The van der Waals surface area contributed by atoms with E-state index in [0.717, 1.165) is 16.7 Å². The van der Waals surface area contributed by atoms with E-state index in [9.17, 15) is 19.6 Å². The van der Waals surface area contributed by atoms with E-state index in [1.165, 1.54) is 10.9 Å². The molecule has 0 aliphatic carbocycles. The van der Waals surface area contributed by atoms with Gasteiger partial charge in [-0.25, -0.2) is 14.6 Å². The van der Waals surface area contributed by atoms with Crippen LogP contribution in [-0.4, -0.2) is 44.2 Å². The third-order valence-corrected chi connectivity index (χ3v) is 5.98.